The third-order valence-corrected chi connectivity index (χ3v) is 6.15. The predicted molar refractivity (Wildman–Crippen MR) is 140 cm³/mol. The molecule has 0 aliphatic carbocycles. The van der Waals surface area contributed by atoms with Crippen molar-refractivity contribution in [3.63, 3.8) is 0 Å². The molecule has 4 aromatic rings. The number of halogens is 3. The van der Waals surface area contributed by atoms with Crippen LogP contribution in [0.25, 0.3) is 0 Å². The number of hydrazone groups is 1. The van der Waals surface area contributed by atoms with Gasteiger partial charge in [-0.05, 0) is 63.5 Å². The van der Waals surface area contributed by atoms with Crippen LogP contribution in [-0.2, 0) is 13.2 Å². The second kappa shape index (κ2) is 11.5. The molecule has 1 aromatic heterocycles. The Kier molecular flexibility index (Phi) is 8.16. The van der Waals surface area contributed by atoms with Crippen LogP contribution in [0, 0.1) is 0 Å². The van der Waals surface area contributed by atoms with Crippen LogP contribution in [-0.4, -0.2) is 21.9 Å². The van der Waals surface area contributed by atoms with E-state index in [9.17, 15) is 4.79 Å². The lowest BCUT2D eigenvalue weighted by molar-refractivity contribution is 0.0948. The zero-order chi connectivity index (χ0) is 23.9. The van der Waals surface area contributed by atoms with Crippen LogP contribution in [0.4, 0.5) is 0 Å². The molecule has 1 N–H and O–H groups in total. The van der Waals surface area contributed by atoms with Gasteiger partial charge in [-0.3, -0.25) is 9.48 Å². The maximum atomic E-state index is 12.6. The van der Waals surface area contributed by atoms with Crippen molar-refractivity contribution < 1.29 is 9.53 Å². The van der Waals surface area contributed by atoms with E-state index in [-0.39, 0.29) is 5.69 Å². The Morgan fingerprint density at radius 3 is 2.50 bits per heavy atom. The number of nitrogens with zero attached hydrogens (tertiary/aromatic N) is 3. The average molecular weight is 603 g/mol. The van der Waals surface area contributed by atoms with Crippen molar-refractivity contribution in [1.82, 2.24) is 15.2 Å². The first-order valence-electron chi connectivity index (χ1n) is 10.2. The van der Waals surface area contributed by atoms with Crippen LogP contribution in [0.1, 0.15) is 27.2 Å². The van der Waals surface area contributed by atoms with Crippen molar-refractivity contribution in [2.75, 3.05) is 0 Å². The van der Waals surface area contributed by atoms with Gasteiger partial charge in [0.25, 0.3) is 5.91 Å². The Hall–Kier alpha value is -2.94. The zero-order valence-corrected chi connectivity index (χ0v) is 21.7. The average Bonchev–Trinajstić information content (AvgIpc) is 3.21. The molecule has 34 heavy (non-hydrogen) atoms. The predicted octanol–water partition coefficient (Wildman–Crippen LogP) is 6.45. The normalized spacial score (nSPS) is 11.0. The van der Waals surface area contributed by atoms with Crippen molar-refractivity contribution >= 4 is 55.6 Å². The minimum absolute atomic E-state index is 0.242. The topological polar surface area (TPSA) is 68.5 Å². The van der Waals surface area contributed by atoms with Crippen LogP contribution in [0.3, 0.4) is 0 Å². The molecule has 3 aromatic carbocycles. The van der Waals surface area contributed by atoms with Crippen molar-refractivity contribution in [3.8, 4) is 5.75 Å². The molecule has 0 atom stereocenters. The lowest BCUT2D eigenvalue weighted by Gasteiger charge is -2.09. The van der Waals surface area contributed by atoms with E-state index in [1.165, 1.54) is 0 Å². The van der Waals surface area contributed by atoms with E-state index in [2.05, 4.69) is 47.5 Å². The summed E-state index contributed by atoms with van der Waals surface area (Å²) in [6.07, 6.45) is 3.30. The maximum absolute atomic E-state index is 12.6. The number of hydrogen-bond acceptors (Lipinski definition) is 4. The van der Waals surface area contributed by atoms with Gasteiger partial charge in [0, 0.05) is 21.3 Å². The van der Waals surface area contributed by atoms with Crippen LogP contribution < -0.4 is 10.2 Å². The molecule has 4 rings (SSSR count). The van der Waals surface area contributed by atoms with Gasteiger partial charge in [-0.15, -0.1) is 0 Å². The summed E-state index contributed by atoms with van der Waals surface area (Å²) in [5, 5.41) is 9.13. The van der Waals surface area contributed by atoms with E-state index in [0.717, 1.165) is 21.2 Å². The Bertz CT molecular complexity index is 1310. The lowest BCUT2D eigenvalue weighted by atomic mass is 10.2. The first-order chi connectivity index (χ1) is 16.5. The van der Waals surface area contributed by atoms with Gasteiger partial charge in [-0.1, -0.05) is 63.9 Å². The summed E-state index contributed by atoms with van der Waals surface area (Å²) in [5.41, 5.74) is 5.57. The second-order valence-electron chi connectivity index (χ2n) is 7.30. The second-order valence-corrected chi connectivity index (χ2v) is 9.51. The van der Waals surface area contributed by atoms with Gasteiger partial charge >= 0.3 is 0 Å². The van der Waals surface area contributed by atoms with Crippen LogP contribution in [0.15, 0.2) is 93.0 Å². The van der Waals surface area contributed by atoms with E-state index in [0.29, 0.717) is 28.4 Å². The van der Waals surface area contributed by atoms with Crippen LogP contribution in [0.2, 0.25) is 5.02 Å². The molecule has 0 unspecified atom stereocenters. The van der Waals surface area contributed by atoms with E-state index in [4.69, 9.17) is 16.3 Å². The highest BCUT2D eigenvalue weighted by atomic mass is 79.9. The molecular weight excluding hydrogens is 584 g/mol. The smallest absolute Gasteiger partial charge is 0.293 e. The number of nitrogens with one attached hydrogen (secondary N) is 1. The molecule has 0 bridgehead atoms. The summed E-state index contributed by atoms with van der Waals surface area (Å²) in [7, 11) is 0. The largest absolute Gasteiger partial charge is 0.488 e. The first-order valence-corrected chi connectivity index (χ1v) is 12.2. The van der Waals surface area contributed by atoms with E-state index in [1.807, 2.05) is 72.8 Å². The molecule has 0 aliphatic heterocycles. The molecule has 172 valence electrons. The van der Waals surface area contributed by atoms with Gasteiger partial charge in [-0.2, -0.15) is 10.2 Å². The van der Waals surface area contributed by atoms with Crippen molar-refractivity contribution in [1.29, 1.82) is 0 Å². The van der Waals surface area contributed by atoms with Gasteiger partial charge < -0.3 is 4.74 Å². The number of carbonyl (C=O) groups is 1. The molecule has 0 aliphatic rings. The maximum Gasteiger partial charge on any atom is 0.293 e. The number of carbonyl (C=O) groups excluding carboxylic acids is 1. The van der Waals surface area contributed by atoms with Crippen LogP contribution in [0.5, 0.6) is 5.75 Å². The number of amides is 1. The summed E-state index contributed by atoms with van der Waals surface area (Å²) in [6.45, 7) is 0.928. The molecule has 1 amide bonds. The summed E-state index contributed by atoms with van der Waals surface area (Å²) < 4.78 is 9.21. The Labute approximate surface area is 218 Å². The van der Waals surface area contributed by atoms with Gasteiger partial charge in [0.15, 0.2) is 5.69 Å². The quantitative estimate of drug-likeness (QED) is 0.186. The molecule has 9 heteroatoms. The summed E-state index contributed by atoms with van der Waals surface area (Å²) in [6, 6.07) is 22.9. The number of benzene rings is 3. The molecule has 0 fully saturated rings. The number of aromatic nitrogens is 2. The highest BCUT2D eigenvalue weighted by Gasteiger charge is 2.15. The molecule has 0 spiro atoms. The molecule has 0 saturated carbocycles. The molecule has 0 radical (unpaired) electrons. The Balaban J connectivity index is 1.38. The number of rotatable bonds is 8. The third kappa shape index (κ3) is 6.56. The van der Waals surface area contributed by atoms with Crippen LogP contribution >= 0.6 is 43.5 Å². The van der Waals surface area contributed by atoms with Gasteiger partial charge in [0.1, 0.15) is 12.4 Å². The van der Waals surface area contributed by atoms with Gasteiger partial charge in [0.2, 0.25) is 0 Å². The van der Waals surface area contributed by atoms with Crippen molar-refractivity contribution in [3.05, 3.63) is 115 Å². The molecule has 1 heterocycles. The highest BCUT2D eigenvalue weighted by Crippen LogP contribution is 2.19. The minimum atomic E-state index is -0.425. The SMILES string of the molecule is O=C(NN=Cc1ccccc1OCc1ccc(Br)cc1)c1nn(Cc2ccc(Cl)cc2)cc1Br. The minimum Gasteiger partial charge on any atom is -0.488 e. The number of para-hydroxylation sites is 1. The standard InChI is InChI=1S/C25H19Br2ClN4O2/c26-20-9-5-18(6-10-20)16-34-23-4-2-1-3-19(23)13-29-30-25(33)24-22(27)15-32(31-24)14-17-7-11-21(28)12-8-17/h1-13,15H,14,16H2,(H,30,33). The molecule has 0 saturated heterocycles. The summed E-state index contributed by atoms with van der Waals surface area (Å²) in [5.74, 6) is 0.239. The summed E-state index contributed by atoms with van der Waals surface area (Å²) in [4.78, 5) is 12.6. The van der Waals surface area contributed by atoms with E-state index < -0.39 is 5.91 Å². The van der Waals surface area contributed by atoms with Gasteiger partial charge in [-0.25, -0.2) is 5.43 Å². The van der Waals surface area contributed by atoms with E-state index in [1.54, 1.807) is 17.1 Å². The third-order valence-electron chi connectivity index (χ3n) is 4.79. The van der Waals surface area contributed by atoms with Crippen molar-refractivity contribution in [2.24, 2.45) is 5.10 Å². The fourth-order valence-corrected chi connectivity index (χ4v) is 3.97. The summed E-state index contributed by atoms with van der Waals surface area (Å²) >= 11 is 12.8. The molecular formula is C25H19Br2ClN4O2. The fraction of sp³-hybridized carbons (Fsp3) is 0.0800. The monoisotopic (exact) mass is 600 g/mol. The van der Waals surface area contributed by atoms with E-state index >= 15 is 0 Å². The Morgan fingerprint density at radius 1 is 1.03 bits per heavy atom. The first kappa shape index (κ1) is 24.2. The Morgan fingerprint density at radius 2 is 1.74 bits per heavy atom. The van der Waals surface area contributed by atoms with Crippen molar-refractivity contribution in [2.45, 2.75) is 13.2 Å². The molecule has 6 nitrogen and oxygen atoms in total. The number of hydrogen-bond donors (Lipinski definition) is 1. The number of ether oxygens (including phenoxy) is 1. The zero-order valence-electron chi connectivity index (χ0n) is 17.8. The lowest BCUT2D eigenvalue weighted by Crippen LogP contribution is -2.19. The highest BCUT2D eigenvalue weighted by molar-refractivity contribution is 9.10. The fourth-order valence-electron chi connectivity index (χ4n) is 3.08. The van der Waals surface area contributed by atoms with Gasteiger partial charge in [0.05, 0.1) is 17.2 Å².